The average molecular weight is 244 g/mol. The van der Waals surface area contributed by atoms with Crippen LogP contribution in [0.3, 0.4) is 0 Å². The van der Waals surface area contributed by atoms with E-state index in [1.807, 2.05) is 13.0 Å². The first kappa shape index (κ1) is 11.9. The molecule has 0 radical (unpaired) electrons. The molecule has 0 saturated carbocycles. The summed E-state index contributed by atoms with van der Waals surface area (Å²) in [6.07, 6.45) is 3.14. The maximum Gasteiger partial charge on any atom is 0.260 e. The number of aryl methyl sites for hydroxylation is 1. The predicted molar refractivity (Wildman–Crippen MR) is 63.7 cm³/mol. The molecule has 0 bridgehead atoms. The Kier molecular flexibility index (Phi) is 3.10. The summed E-state index contributed by atoms with van der Waals surface area (Å²) < 4.78 is 3.08. The molecule has 0 unspecified atom stereocenters. The van der Waals surface area contributed by atoms with Gasteiger partial charge in [0.05, 0.1) is 17.8 Å². The van der Waals surface area contributed by atoms with Crippen LogP contribution in [-0.4, -0.2) is 25.5 Å². The van der Waals surface area contributed by atoms with Gasteiger partial charge in [0.25, 0.3) is 5.91 Å². The Labute approximate surface area is 104 Å². The van der Waals surface area contributed by atoms with Gasteiger partial charge >= 0.3 is 0 Å². The molecule has 0 aliphatic rings. The minimum Gasteiger partial charge on any atom is -0.305 e. The highest BCUT2D eigenvalue weighted by Gasteiger charge is 2.13. The number of hydrogen-bond acceptors (Lipinski definition) is 4. The number of amides is 1. The quantitative estimate of drug-likeness (QED) is 0.860. The second-order valence-electron chi connectivity index (χ2n) is 3.78. The Balaban J connectivity index is 2.12. The van der Waals surface area contributed by atoms with Gasteiger partial charge in [0.15, 0.2) is 5.82 Å². The topological polar surface area (TPSA) is 88.5 Å². The van der Waals surface area contributed by atoms with Crippen LogP contribution in [0.2, 0.25) is 0 Å². The number of hydrogen-bond donors (Lipinski definition) is 1. The number of rotatable bonds is 3. The molecule has 0 aromatic carbocycles. The van der Waals surface area contributed by atoms with E-state index in [1.54, 1.807) is 24.0 Å². The summed E-state index contributed by atoms with van der Waals surface area (Å²) in [5.74, 6) is 0.154. The molecular formula is C11H12N6O. The van der Waals surface area contributed by atoms with E-state index in [9.17, 15) is 4.79 Å². The smallest absolute Gasteiger partial charge is 0.260 e. The number of nitriles is 1. The van der Waals surface area contributed by atoms with Crippen molar-refractivity contribution in [2.45, 2.75) is 13.5 Å². The van der Waals surface area contributed by atoms with E-state index in [-0.39, 0.29) is 12.5 Å². The number of carbonyl (C=O) groups excluding carboxylic acids is 1. The van der Waals surface area contributed by atoms with Crippen molar-refractivity contribution in [1.29, 1.82) is 5.26 Å². The highest BCUT2D eigenvalue weighted by Crippen LogP contribution is 2.09. The fourth-order valence-electron chi connectivity index (χ4n) is 1.49. The standard InChI is InChI=1S/C11H12N6O/c1-8-9(7-13-16(8)2)11(18)14-10-3-5-17(15-10)6-4-12/h3,5,7H,6H2,1-2H3,(H,14,15,18). The van der Waals surface area contributed by atoms with E-state index in [0.717, 1.165) is 5.69 Å². The highest BCUT2D eigenvalue weighted by molar-refractivity contribution is 6.04. The molecule has 1 amide bonds. The second-order valence-corrected chi connectivity index (χ2v) is 3.78. The lowest BCUT2D eigenvalue weighted by Gasteiger charge is -2.01. The average Bonchev–Trinajstić information content (AvgIpc) is 2.89. The lowest BCUT2D eigenvalue weighted by molar-refractivity contribution is 0.102. The van der Waals surface area contributed by atoms with Gasteiger partial charge in [0.2, 0.25) is 0 Å². The SMILES string of the molecule is Cc1c(C(=O)Nc2ccn(CC#N)n2)cnn1C. The molecular weight excluding hydrogens is 232 g/mol. The van der Waals surface area contributed by atoms with Gasteiger partial charge in [0.1, 0.15) is 6.54 Å². The molecule has 0 spiro atoms. The summed E-state index contributed by atoms with van der Waals surface area (Å²) in [4.78, 5) is 11.9. The lowest BCUT2D eigenvalue weighted by atomic mass is 10.2. The van der Waals surface area contributed by atoms with Gasteiger partial charge in [-0.3, -0.25) is 14.2 Å². The fraction of sp³-hybridized carbons (Fsp3) is 0.273. The zero-order chi connectivity index (χ0) is 13.1. The largest absolute Gasteiger partial charge is 0.305 e. The molecule has 7 nitrogen and oxygen atoms in total. The van der Waals surface area contributed by atoms with Crippen LogP contribution in [0.4, 0.5) is 5.82 Å². The van der Waals surface area contributed by atoms with Crippen LogP contribution in [0.15, 0.2) is 18.5 Å². The fourth-order valence-corrected chi connectivity index (χ4v) is 1.49. The minimum absolute atomic E-state index is 0.155. The number of carbonyl (C=O) groups is 1. The molecule has 18 heavy (non-hydrogen) atoms. The molecule has 92 valence electrons. The van der Waals surface area contributed by atoms with E-state index >= 15 is 0 Å². The van der Waals surface area contributed by atoms with Crippen molar-refractivity contribution in [2.24, 2.45) is 7.05 Å². The zero-order valence-electron chi connectivity index (χ0n) is 10.1. The van der Waals surface area contributed by atoms with Crippen LogP contribution in [0.25, 0.3) is 0 Å². The molecule has 0 fully saturated rings. The Morgan fingerprint density at radius 3 is 3.00 bits per heavy atom. The van der Waals surface area contributed by atoms with Crippen molar-refractivity contribution in [2.75, 3.05) is 5.32 Å². The van der Waals surface area contributed by atoms with Gasteiger partial charge in [0, 0.05) is 25.0 Å². The summed E-state index contributed by atoms with van der Waals surface area (Å²) in [6.45, 7) is 1.97. The van der Waals surface area contributed by atoms with E-state index in [1.165, 1.54) is 10.9 Å². The van der Waals surface area contributed by atoms with E-state index in [2.05, 4.69) is 15.5 Å². The van der Waals surface area contributed by atoms with Crippen LogP contribution in [0, 0.1) is 18.3 Å². The second kappa shape index (κ2) is 4.71. The third-order valence-corrected chi connectivity index (χ3v) is 2.59. The number of nitrogens with one attached hydrogen (secondary N) is 1. The molecule has 2 aromatic rings. The first-order chi connectivity index (χ1) is 8.61. The van der Waals surface area contributed by atoms with Crippen LogP contribution >= 0.6 is 0 Å². The van der Waals surface area contributed by atoms with Gasteiger partial charge in [-0.05, 0) is 6.92 Å². The summed E-state index contributed by atoms with van der Waals surface area (Å²) >= 11 is 0. The summed E-state index contributed by atoms with van der Waals surface area (Å²) in [6, 6.07) is 3.61. The highest BCUT2D eigenvalue weighted by atomic mass is 16.1. The molecule has 0 saturated heterocycles. The van der Waals surface area contributed by atoms with Crippen LogP contribution in [-0.2, 0) is 13.6 Å². The van der Waals surface area contributed by atoms with E-state index in [4.69, 9.17) is 5.26 Å². The predicted octanol–water partition coefficient (Wildman–Crippen LogP) is 0.701. The lowest BCUT2D eigenvalue weighted by Crippen LogP contribution is -2.13. The third-order valence-electron chi connectivity index (χ3n) is 2.59. The van der Waals surface area contributed by atoms with Crippen LogP contribution < -0.4 is 5.32 Å². The Morgan fingerprint density at radius 1 is 1.61 bits per heavy atom. The van der Waals surface area contributed by atoms with Gasteiger partial charge in [-0.25, -0.2) is 0 Å². The molecule has 7 heteroatoms. The molecule has 1 N–H and O–H groups in total. The molecule has 0 aliphatic carbocycles. The van der Waals surface area contributed by atoms with Crippen molar-refractivity contribution in [3.63, 3.8) is 0 Å². The first-order valence-electron chi connectivity index (χ1n) is 5.32. The molecule has 2 rings (SSSR count). The van der Waals surface area contributed by atoms with Crippen molar-refractivity contribution in [3.05, 3.63) is 29.7 Å². The summed E-state index contributed by atoms with van der Waals surface area (Å²) in [5.41, 5.74) is 1.29. The Hall–Kier alpha value is -2.62. The Bertz CT molecular complexity index is 618. The monoisotopic (exact) mass is 244 g/mol. The van der Waals surface area contributed by atoms with E-state index < -0.39 is 0 Å². The third kappa shape index (κ3) is 2.22. The van der Waals surface area contributed by atoms with Crippen molar-refractivity contribution in [1.82, 2.24) is 19.6 Å². The van der Waals surface area contributed by atoms with Crippen LogP contribution in [0.1, 0.15) is 16.1 Å². The number of nitrogens with zero attached hydrogens (tertiary/aromatic N) is 5. The zero-order valence-corrected chi connectivity index (χ0v) is 10.1. The first-order valence-corrected chi connectivity index (χ1v) is 5.32. The number of anilines is 1. The Morgan fingerprint density at radius 2 is 2.39 bits per heavy atom. The van der Waals surface area contributed by atoms with Crippen molar-refractivity contribution >= 4 is 11.7 Å². The minimum atomic E-state index is -0.261. The number of aromatic nitrogens is 4. The maximum absolute atomic E-state index is 11.9. The van der Waals surface area contributed by atoms with E-state index in [0.29, 0.717) is 11.4 Å². The normalized spacial score (nSPS) is 10.1. The molecule has 2 heterocycles. The van der Waals surface area contributed by atoms with Gasteiger partial charge < -0.3 is 5.32 Å². The van der Waals surface area contributed by atoms with Crippen LogP contribution in [0.5, 0.6) is 0 Å². The van der Waals surface area contributed by atoms with Crippen molar-refractivity contribution < 1.29 is 4.79 Å². The van der Waals surface area contributed by atoms with Gasteiger partial charge in [-0.2, -0.15) is 15.5 Å². The summed E-state index contributed by atoms with van der Waals surface area (Å²) in [5, 5.41) is 19.2. The van der Waals surface area contributed by atoms with Gasteiger partial charge in [-0.1, -0.05) is 0 Å². The summed E-state index contributed by atoms with van der Waals surface area (Å²) in [7, 11) is 1.77. The maximum atomic E-state index is 11.9. The molecule has 2 aromatic heterocycles. The molecule has 0 atom stereocenters. The van der Waals surface area contributed by atoms with Crippen molar-refractivity contribution in [3.8, 4) is 6.07 Å². The van der Waals surface area contributed by atoms with Gasteiger partial charge in [-0.15, -0.1) is 0 Å². The molecule has 0 aliphatic heterocycles.